The van der Waals surface area contributed by atoms with E-state index in [0.29, 0.717) is 43.1 Å². The molecule has 3 N–H and O–H groups in total. The second-order valence-corrected chi connectivity index (χ2v) is 10.8. The number of carbonyl (C=O) groups is 3. The number of sulfonamides is 1. The smallest absolute Gasteiger partial charge is 0.475 e. The van der Waals surface area contributed by atoms with E-state index >= 15 is 0 Å². The molecule has 36 heavy (non-hydrogen) atoms. The molecule has 1 heterocycles. The van der Waals surface area contributed by atoms with E-state index < -0.39 is 22.2 Å². The van der Waals surface area contributed by atoms with Crippen molar-refractivity contribution in [1.82, 2.24) is 10.2 Å². The Morgan fingerprint density at radius 1 is 1.00 bits per heavy atom. The molecule has 1 aliphatic heterocycles. The Morgan fingerprint density at radius 3 is 2.00 bits per heavy atom. The molecule has 1 saturated heterocycles. The number of nitrogens with one attached hydrogen (secondary N) is 2. The number of piperidine rings is 1. The van der Waals surface area contributed by atoms with Crippen LogP contribution in [-0.2, 0) is 19.6 Å². The molecule has 3 rings (SSSR count). The Morgan fingerprint density at radius 2 is 1.53 bits per heavy atom. The Bertz CT molecular complexity index is 1000. The van der Waals surface area contributed by atoms with Gasteiger partial charge in [-0.3, -0.25) is 14.3 Å². The van der Waals surface area contributed by atoms with E-state index in [4.69, 9.17) is 9.90 Å². The van der Waals surface area contributed by atoms with Crippen molar-refractivity contribution in [2.75, 3.05) is 30.6 Å². The third-order valence-electron chi connectivity index (χ3n) is 6.12. The Kier molecular flexibility index (Phi) is 10.6. The molecule has 1 saturated carbocycles. The second kappa shape index (κ2) is 12.9. The van der Waals surface area contributed by atoms with Gasteiger partial charge in [0, 0.05) is 36.8 Å². The molecule has 2 amide bonds. The molecule has 9 nitrogen and oxygen atoms in total. The summed E-state index contributed by atoms with van der Waals surface area (Å²) in [6.07, 6.45) is 3.64. The summed E-state index contributed by atoms with van der Waals surface area (Å²) >= 11 is 0. The van der Waals surface area contributed by atoms with E-state index in [1.807, 2.05) is 0 Å². The molecule has 0 atom stereocenters. The zero-order chi connectivity index (χ0) is 26.9. The zero-order valence-corrected chi connectivity index (χ0v) is 20.8. The van der Waals surface area contributed by atoms with Crippen LogP contribution in [0.2, 0.25) is 0 Å². The monoisotopic (exact) mass is 535 g/mol. The molecule has 13 heteroatoms. The first-order valence-electron chi connectivity index (χ1n) is 11.7. The maximum absolute atomic E-state index is 12.7. The Hall–Kier alpha value is -2.83. The third-order valence-corrected chi connectivity index (χ3v) is 6.73. The minimum Gasteiger partial charge on any atom is -0.475 e. The number of likely N-dealkylation sites (tertiary alicyclic amines) is 1. The SMILES string of the molecule is CS(=O)(=O)Nc1ccc(C(=O)N2CCC(C(=O)NCC3CCCCC3)CC2)cc1.O=C(O)C(F)(F)F. The van der Waals surface area contributed by atoms with E-state index in [-0.39, 0.29) is 17.7 Å². The van der Waals surface area contributed by atoms with Crippen LogP contribution in [0.3, 0.4) is 0 Å². The van der Waals surface area contributed by atoms with Crippen LogP contribution in [0.4, 0.5) is 18.9 Å². The molecule has 1 aromatic carbocycles. The van der Waals surface area contributed by atoms with Crippen LogP contribution >= 0.6 is 0 Å². The molecule has 2 fully saturated rings. The number of anilines is 1. The van der Waals surface area contributed by atoms with Crippen molar-refractivity contribution in [1.29, 1.82) is 0 Å². The van der Waals surface area contributed by atoms with Crippen LogP contribution in [0, 0.1) is 11.8 Å². The number of halogens is 3. The molecule has 2 aliphatic rings. The summed E-state index contributed by atoms with van der Waals surface area (Å²) in [5, 5.41) is 10.2. The van der Waals surface area contributed by atoms with Gasteiger partial charge in [-0.2, -0.15) is 13.2 Å². The van der Waals surface area contributed by atoms with Crippen molar-refractivity contribution in [2.45, 2.75) is 51.1 Å². The summed E-state index contributed by atoms with van der Waals surface area (Å²) in [7, 11) is -3.34. The van der Waals surface area contributed by atoms with Gasteiger partial charge >= 0.3 is 12.1 Å². The maximum Gasteiger partial charge on any atom is 0.490 e. The molecule has 0 bridgehead atoms. The average Bonchev–Trinajstić information content (AvgIpc) is 2.82. The number of nitrogens with zero attached hydrogens (tertiary/aromatic N) is 1. The van der Waals surface area contributed by atoms with E-state index in [2.05, 4.69) is 10.0 Å². The van der Waals surface area contributed by atoms with Crippen molar-refractivity contribution < 1.29 is 41.1 Å². The predicted molar refractivity (Wildman–Crippen MR) is 127 cm³/mol. The number of hydrogen-bond acceptors (Lipinski definition) is 5. The number of carboxylic acids is 1. The minimum atomic E-state index is -5.08. The van der Waals surface area contributed by atoms with Crippen LogP contribution in [0.1, 0.15) is 55.3 Å². The fourth-order valence-electron chi connectivity index (χ4n) is 4.20. The first-order chi connectivity index (χ1) is 16.8. The van der Waals surface area contributed by atoms with Gasteiger partial charge in [-0.15, -0.1) is 0 Å². The van der Waals surface area contributed by atoms with Gasteiger partial charge in [0.15, 0.2) is 0 Å². The van der Waals surface area contributed by atoms with Gasteiger partial charge in [-0.05, 0) is 55.9 Å². The van der Waals surface area contributed by atoms with E-state index in [1.54, 1.807) is 29.2 Å². The molecule has 0 radical (unpaired) electrons. The quantitative estimate of drug-likeness (QED) is 0.512. The molecule has 0 spiro atoms. The van der Waals surface area contributed by atoms with Crippen LogP contribution in [0.15, 0.2) is 24.3 Å². The Balaban J connectivity index is 0.000000572. The lowest BCUT2D eigenvalue weighted by Crippen LogP contribution is -2.43. The van der Waals surface area contributed by atoms with Crippen LogP contribution in [0.25, 0.3) is 0 Å². The van der Waals surface area contributed by atoms with E-state index in [1.165, 1.54) is 32.1 Å². The number of aliphatic carboxylic acids is 1. The molecular formula is C23H32F3N3O6S. The van der Waals surface area contributed by atoms with Crippen LogP contribution < -0.4 is 10.0 Å². The fraction of sp³-hybridized carbons (Fsp3) is 0.609. The molecular weight excluding hydrogens is 503 g/mol. The van der Waals surface area contributed by atoms with Gasteiger partial charge in [0.25, 0.3) is 5.91 Å². The highest BCUT2D eigenvalue weighted by Crippen LogP contribution is 2.24. The van der Waals surface area contributed by atoms with Gasteiger partial charge in [-0.25, -0.2) is 13.2 Å². The number of carbonyl (C=O) groups excluding carboxylic acids is 2. The normalized spacial score (nSPS) is 17.5. The van der Waals surface area contributed by atoms with Gasteiger partial charge in [0.1, 0.15) is 0 Å². The summed E-state index contributed by atoms with van der Waals surface area (Å²) in [4.78, 5) is 35.8. The molecule has 0 aromatic heterocycles. The van der Waals surface area contributed by atoms with Crippen molar-refractivity contribution in [3.05, 3.63) is 29.8 Å². The number of carboxylic acid groups (broad SMARTS) is 1. The number of hydrogen-bond donors (Lipinski definition) is 3. The third kappa shape index (κ3) is 10.0. The predicted octanol–water partition coefficient (Wildman–Crippen LogP) is 3.24. The highest BCUT2D eigenvalue weighted by molar-refractivity contribution is 7.92. The highest BCUT2D eigenvalue weighted by Gasteiger charge is 2.38. The zero-order valence-electron chi connectivity index (χ0n) is 20.0. The molecule has 1 aliphatic carbocycles. The summed E-state index contributed by atoms with van der Waals surface area (Å²) in [5.41, 5.74) is 0.946. The summed E-state index contributed by atoms with van der Waals surface area (Å²) < 4.78 is 56.7. The first-order valence-corrected chi connectivity index (χ1v) is 13.6. The van der Waals surface area contributed by atoms with Crippen molar-refractivity contribution in [3.8, 4) is 0 Å². The van der Waals surface area contributed by atoms with Crippen LogP contribution in [0.5, 0.6) is 0 Å². The number of amides is 2. The topological polar surface area (TPSA) is 133 Å². The van der Waals surface area contributed by atoms with Gasteiger partial charge < -0.3 is 15.3 Å². The number of alkyl halides is 3. The van der Waals surface area contributed by atoms with Crippen molar-refractivity contribution >= 4 is 33.5 Å². The largest absolute Gasteiger partial charge is 0.490 e. The van der Waals surface area contributed by atoms with Crippen molar-refractivity contribution in [3.63, 3.8) is 0 Å². The minimum absolute atomic E-state index is 0.0241. The summed E-state index contributed by atoms with van der Waals surface area (Å²) in [6, 6.07) is 6.41. The maximum atomic E-state index is 12.7. The van der Waals surface area contributed by atoms with Gasteiger partial charge in [0.2, 0.25) is 15.9 Å². The van der Waals surface area contributed by atoms with E-state index in [0.717, 1.165) is 12.8 Å². The van der Waals surface area contributed by atoms with Gasteiger partial charge in [0.05, 0.1) is 6.26 Å². The standard InChI is InChI=1S/C21H31N3O4S.C2HF3O2/c1-29(27,28)23-19-9-7-18(8-10-19)21(26)24-13-11-17(12-14-24)20(25)22-15-16-5-3-2-4-6-16;3-2(4,5)1(6)7/h7-10,16-17,23H,2-6,11-15H2,1H3,(H,22,25);(H,6,7). The first kappa shape index (κ1) is 29.4. The lowest BCUT2D eigenvalue weighted by molar-refractivity contribution is -0.192. The summed E-state index contributed by atoms with van der Waals surface area (Å²) in [5.74, 6) is -2.12. The number of rotatable bonds is 6. The second-order valence-electron chi connectivity index (χ2n) is 9.07. The van der Waals surface area contributed by atoms with E-state index in [9.17, 15) is 31.2 Å². The lowest BCUT2D eigenvalue weighted by atomic mass is 9.89. The summed E-state index contributed by atoms with van der Waals surface area (Å²) in [6.45, 7) is 1.90. The molecule has 0 unspecified atom stereocenters. The molecule has 1 aromatic rings. The lowest BCUT2D eigenvalue weighted by Gasteiger charge is -2.32. The van der Waals surface area contributed by atoms with Gasteiger partial charge in [-0.1, -0.05) is 19.3 Å². The van der Waals surface area contributed by atoms with Crippen LogP contribution in [-0.4, -0.2) is 68.3 Å². The number of benzene rings is 1. The fourth-order valence-corrected chi connectivity index (χ4v) is 4.77. The average molecular weight is 536 g/mol. The van der Waals surface area contributed by atoms with Crippen molar-refractivity contribution in [2.24, 2.45) is 11.8 Å². The Labute approximate surface area is 208 Å². The highest BCUT2D eigenvalue weighted by atomic mass is 32.2. The molecule has 202 valence electrons.